The number of ketones is 1. The van der Waals surface area contributed by atoms with Crippen LogP contribution in [0.4, 0.5) is 16.6 Å². The lowest BCUT2D eigenvalue weighted by Gasteiger charge is -2.00. The van der Waals surface area contributed by atoms with Gasteiger partial charge in [0, 0.05) is 5.69 Å². The van der Waals surface area contributed by atoms with E-state index in [2.05, 4.69) is 26.2 Å². The van der Waals surface area contributed by atoms with Crippen molar-refractivity contribution < 1.29 is 4.79 Å². The summed E-state index contributed by atoms with van der Waals surface area (Å²) in [6, 6.07) is 13.3. The van der Waals surface area contributed by atoms with Gasteiger partial charge in [-0.15, -0.1) is 11.3 Å². The van der Waals surface area contributed by atoms with Crippen LogP contribution in [-0.4, -0.2) is 10.8 Å². The molecular formula is C14H10BrN3OS2. The van der Waals surface area contributed by atoms with Gasteiger partial charge in [0.15, 0.2) is 5.13 Å². The zero-order valence-electron chi connectivity index (χ0n) is 10.7. The fourth-order valence-corrected chi connectivity index (χ4v) is 4.00. The first-order valence-electron chi connectivity index (χ1n) is 6.02. The summed E-state index contributed by atoms with van der Waals surface area (Å²) >= 11 is 6.00. The summed E-state index contributed by atoms with van der Waals surface area (Å²) < 4.78 is 0.913. The molecule has 0 amide bonds. The Labute approximate surface area is 137 Å². The summed E-state index contributed by atoms with van der Waals surface area (Å²) in [4.78, 5) is 17.7. The van der Waals surface area contributed by atoms with E-state index in [1.54, 1.807) is 6.07 Å². The number of rotatable bonds is 4. The number of thiazole rings is 1. The molecular weight excluding hydrogens is 370 g/mol. The van der Waals surface area contributed by atoms with Crippen LogP contribution in [0.25, 0.3) is 0 Å². The summed E-state index contributed by atoms with van der Waals surface area (Å²) in [6.07, 6.45) is 0. The Balaban J connectivity index is 1.86. The van der Waals surface area contributed by atoms with Gasteiger partial charge in [0.05, 0.1) is 8.66 Å². The average Bonchev–Trinajstić information content (AvgIpc) is 3.06. The van der Waals surface area contributed by atoms with Crippen LogP contribution in [0.1, 0.15) is 14.5 Å². The van der Waals surface area contributed by atoms with Crippen molar-refractivity contribution in [1.29, 1.82) is 0 Å². The maximum atomic E-state index is 12.4. The number of thiophene rings is 1. The van der Waals surface area contributed by atoms with Crippen LogP contribution in [0, 0.1) is 0 Å². The van der Waals surface area contributed by atoms with Crippen molar-refractivity contribution in [3.05, 3.63) is 56.0 Å². The second kappa shape index (κ2) is 5.97. The third-order valence-electron chi connectivity index (χ3n) is 2.68. The number of hydrogen-bond donors (Lipinski definition) is 2. The predicted molar refractivity (Wildman–Crippen MR) is 91.7 cm³/mol. The molecule has 0 unspecified atom stereocenters. The molecule has 0 aliphatic rings. The van der Waals surface area contributed by atoms with Crippen molar-refractivity contribution in [1.82, 2.24) is 4.98 Å². The van der Waals surface area contributed by atoms with Crippen LogP contribution in [0.5, 0.6) is 0 Å². The summed E-state index contributed by atoms with van der Waals surface area (Å²) in [5.41, 5.74) is 6.78. The first-order valence-corrected chi connectivity index (χ1v) is 8.44. The minimum absolute atomic E-state index is 0.0955. The highest BCUT2D eigenvalue weighted by atomic mass is 79.9. The van der Waals surface area contributed by atoms with E-state index in [0.29, 0.717) is 14.9 Å². The molecule has 4 nitrogen and oxygen atoms in total. The molecule has 0 bridgehead atoms. The van der Waals surface area contributed by atoms with E-state index in [0.717, 1.165) is 9.47 Å². The van der Waals surface area contributed by atoms with Crippen molar-refractivity contribution >= 4 is 61.0 Å². The predicted octanol–water partition coefficient (Wildman–Crippen LogP) is 4.52. The van der Waals surface area contributed by atoms with Gasteiger partial charge in [-0.1, -0.05) is 29.5 Å². The number of nitrogens with two attached hydrogens (primary N) is 1. The number of hydrogen-bond acceptors (Lipinski definition) is 6. The van der Waals surface area contributed by atoms with Crippen molar-refractivity contribution in [3.8, 4) is 0 Å². The van der Waals surface area contributed by atoms with Crippen LogP contribution in [-0.2, 0) is 0 Å². The lowest BCUT2D eigenvalue weighted by Crippen LogP contribution is -2.00. The van der Waals surface area contributed by atoms with Crippen molar-refractivity contribution in [3.63, 3.8) is 0 Å². The Morgan fingerprint density at radius 1 is 1.14 bits per heavy atom. The van der Waals surface area contributed by atoms with Gasteiger partial charge in [0.1, 0.15) is 10.7 Å². The van der Waals surface area contributed by atoms with Gasteiger partial charge in [-0.2, -0.15) is 0 Å². The van der Waals surface area contributed by atoms with E-state index in [-0.39, 0.29) is 11.6 Å². The number of benzene rings is 1. The monoisotopic (exact) mass is 379 g/mol. The van der Waals surface area contributed by atoms with Crippen LogP contribution in [0.3, 0.4) is 0 Å². The van der Waals surface area contributed by atoms with Crippen molar-refractivity contribution in [2.45, 2.75) is 0 Å². The molecule has 3 aromatic rings. The molecule has 2 aromatic heterocycles. The van der Waals surface area contributed by atoms with Gasteiger partial charge >= 0.3 is 0 Å². The van der Waals surface area contributed by atoms with E-state index in [9.17, 15) is 4.79 Å². The highest BCUT2D eigenvalue weighted by Gasteiger charge is 2.19. The second-order valence-corrected chi connectivity index (χ2v) is 7.62. The molecule has 2 heterocycles. The molecule has 0 atom stereocenters. The molecule has 106 valence electrons. The fraction of sp³-hybridized carbons (Fsp3) is 0. The van der Waals surface area contributed by atoms with Crippen LogP contribution in [0.15, 0.2) is 46.3 Å². The normalized spacial score (nSPS) is 10.5. The van der Waals surface area contributed by atoms with Gasteiger partial charge in [0.2, 0.25) is 5.78 Å². The van der Waals surface area contributed by atoms with Gasteiger partial charge < -0.3 is 11.1 Å². The molecule has 0 saturated heterocycles. The third-order valence-corrected chi connectivity index (χ3v) is 5.29. The summed E-state index contributed by atoms with van der Waals surface area (Å²) in [7, 11) is 0. The highest BCUT2D eigenvalue weighted by molar-refractivity contribution is 9.11. The Morgan fingerprint density at radius 3 is 2.57 bits per heavy atom. The Bertz CT molecular complexity index is 783. The topological polar surface area (TPSA) is 68.0 Å². The number of nitrogens with one attached hydrogen (secondary N) is 1. The molecule has 3 rings (SSSR count). The quantitative estimate of drug-likeness (QED) is 0.653. The van der Waals surface area contributed by atoms with E-state index in [1.165, 1.54) is 22.7 Å². The Morgan fingerprint density at radius 2 is 1.90 bits per heavy atom. The van der Waals surface area contributed by atoms with Crippen LogP contribution >= 0.6 is 38.6 Å². The molecule has 0 radical (unpaired) electrons. The molecule has 0 aliphatic heterocycles. The Kier molecular flexibility index (Phi) is 4.05. The zero-order chi connectivity index (χ0) is 14.8. The van der Waals surface area contributed by atoms with Crippen molar-refractivity contribution in [2.24, 2.45) is 0 Å². The highest BCUT2D eigenvalue weighted by Crippen LogP contribution is 2.32. The molecule has 0 saturated carbocycles. The maximum Gasteiger partial charge on any atom is 0.216 e. The molecule has 0 spiro atoms. The van der Waals surface area contributed by atoms with Gasteiger partial charge in [0.25, 0.3) is 0 Å². The van der Waals surface area contributed by atoms with Crippen LogP contribution in [0.2, 0.25) is 0 Å². The number of aromatic nitrogens is 1. The van der Waals surface area contributed by atoms with Crippen LogP contribution < -0.4 is 11.1 Å². The number of para-hydroxylation sites is 1. The molecule has 21 heavy (non-hydrogen) atoms. The summed E-state index contributed by atoms with van der Waals surface area (Å²) in [5.74, 6) is 0.162. The molecule has 1 aromatic carbocycles. The number of nitrogens with zero attached hydrogens (tertiary/aromatic N) is 1. The number of carbonyl (C=O) groups is 1. The molecule has 0 fully saturated rings. The minimum atomic E-state index is -0.0955. The number of halogens is 1. The first-order chi connectivity index (χ1) is 10.1. The van der Waals surface area contributed by atoms with Gasteiger partial charge in [-0.05, 0) is 40.2 Å². The fourth-order valence-electron chi connectivity index (χ4n) is 1.74. The van der Waals surface area contributed by atoms with E-state index in [4.69, 9.17) is 5.73 Å². The Hall–Kier alpha value is -1.70. The smallest absolute Gasteiger partial charge is 0.216 e. The minimum Gasteiger partial charge on any atom is -0.382 e. The first kappa shape index (κ1) is 14.2. The second-order valence-electron chi connectivity index (χ2n) is 4.16. The lowest BCUT2D eigenvalue weighted by molar-refractivity contribution is 0.104. The van der Waals surface area contributed by atoms with E-state index in [1.807, 2.05) is 36.4 Å². The van der Waals surface area contributed by atoms with Gasteiger partial charge in [-0.3, -0.25) is 4.79 Å². The van der Waals surface area contributed by atoms with Gasteiger partial charge in [-0.25, -0.2) is 4.98 Å². The number of nitrogen functional groups attached to an aromatic ring is 1. The lowest BCUT2D eigenvalue weighted by atomic mass is 10.3. The van der Waals surface area contributed by atoms with E-state index < -0.39 is 0 Å². The van der Waals surface area contributed by atoms with E-state index >= 15 is 0 Å². The summed E-state index contributed by atoms with van der Waals surface area (Å²) in [6.45, 7) is 0. The van der Waals surface area contributed by atoms with Crippen molar-refractivity contribution in [2.75, 3.05) is 11.1 Å². The maximum absolute atomic E-state index is 12.4. The summed E-state index contributed by atoms with van der Waals surface area (Å²) in [5, 5.41) is 3.75. The molecule has 0 aliphatic carbocycles. The SMILES string of the molecule is Nc1nc(Nc2ccccc2)sc1C(=O)c1ccc(Br)s1. The number of anilines is 3. The zero-order valence-corrected chi connectivity index (χ0v) is 13.9. The third kappa shape index (κ3) is 3.15. The molecule has 3 N–H and O–H groups in total. The molecule has 7 heteroatoms. The number of carbonyl (C=O) groups excluding carboxylic acids is 1. The largest absolute Gasteiger partial charge is 0.382 e. The average molecular weight is 380 g/mol. The standard InChI is InChI=1S/C14H10BrN3OS2/c15-10-7-6-9(20-10)11(19)12-13(16)18-14(21-12)17-8-4-2-1-3-5-8/h1-7H,16H2,(H,17,18).